The Hall–Kier alpha value is -1.94. The summed E-state index contributed by atoms with van der Waals surface area (Å²) in [6, 6.07) is 0. The summed E-state index contributed by atoms with van der Waals surface area (Å²) >= 11 is 0. The number of hydrogen-bond donors (Lipinski definition) is 3. The van der Waals surface area contributed by atoms with E-state index in [1.807, 2.05) is 0 Å². The van der Waals surface area contributed by atoms with Gasteiger partial charge in [0.05, 0.1) is 26.4 Å². The fourth-order valence-electron chi connectivity index (χ4n) is 9.86. The van der Waals surface area contributed by atoms with Gasteiger partial charge < -0.3 is 33.8 Å². The second-order valence-electron chi connectivity index (χ2n) is 25.4. The fraction of sp³-hybridized carbons (Fsp3) is 0.940. The lowest BCUT2D eigenvalue weighted by Gasteiger charge is -2.21. The summed E-state index contributed by atoms with van der Waals surface area (Å²) in [6.45, 7) is 14.0. The van der Waals surface area contributed by atoms with Crippen LogP contribution in [0.15, 0.2) is 0 Å². The average molecular weight is 1270 g/mol. The zero-order valence-electron chi connectivity index (χ0n) is 55.9. The third kappa shape index (κ3) is 57.2. The van der Waals surface area contributed by atoms with E-state index in [0.717, 1.165) is 126 Å². The molecule has 19 heteroatoms. The third-order valence-electron chi connectivity index (χ3n) is 16.4. The molecule has 0 spiro atoms. The molecule has 0 bridgehead atoms. The molecule has 5 unspecified atom stereocenters. The summed E-state index contributed by atoms with van der Waals surface area (Å²) in [7, 11) is -9.90. The Morgan fingerprint density at radius 2 is 0.558 bits per heavy atom. The average Bonchev–Trinajstić information content (AvgIpc) is 3.70. The van der Waals surface area contributed by atoms with Crippen LogP contribution in [0.3, 0.4) is 0 Å². The predicted molar refractivity (Wildman–Crippen MR) is 344 cm³/mol. The van der Waals surface area contributed by atoms with Crippen molar-refractivity contribution in [2.75, 3.05) is 39.6 Å². The fourth-order valence-corrected chi connectivity index (χ4v) is 11.4. The highest BCUT2D eigenvalue weighted by Gasteiger charge is 2.30. The monoisotopic (exact) mass is 1270 g/mol. The maximum absolute atomic E-state index is 13.0. The van der Waals surface area contributed by atoms with Gasteiger partial charge in [-0.1, -0.05) is 274 Å². The molecule has 510 valence electrons. The van der Waals surface area contributed by atoms with Crippen LogP contribution >= 0.6 is 15.6 Å². The highest BCUT2D eigenvalue weighted by Crippen LogP contribution is 2.45. The van der Waals surface area contributed by atoms with Crippen LogP contribution in [0.1, 0.15) is 325 Å². The number of carbonyl (C=O) groups excluding carboxylic acids is 4. The molecule has 86 heavy (non-hydrogen) atoms. The van der Waals surface area contributed by atoms with Gasteiger partial charge in [0.1, 0.15) is 19.3 Å². The zero-order chi connectivity index (χ0) is 63.9. The highest BCUT2D eigenvalue weighted by atomic mass is 31.2. The van der Waals surface area contributed by atoms with Crippen molar-refractivity contribution in [1.29, 1.82) is 0 Å². The maximum atomic E-state index is 13.0. The summed E-state index contributed by atoms with van der Waals surface area (Å²) in [6.07, 6.45) is 37.5. The van der Waals surface area contributed by atoms with Gasteiger partial charge >= 0.3 is 39.5 Å². The summed E-state index contributed by atoms with van der Waals surface area (Å²) in [5.41, 5.74) is 0. The van der Waals surface area contributed by atoms with Gasteiger partial charge in [-0.25, -0.2) is 9.13 Å². The van der Waals surface area contributed by atoms with Crippen LogP contribution in [0.25, 0.3) is 0 Å². The number of aliphatic hydroxyl groups is 1. The van der Waals surface area contributed by atoms with Crippen molar-refractivity contribution < 1.29 is 80.2 Å². The van der Waals surface area contributed by atoms with Crippen molar-refractivity contribution in [2.24, 2.45) is 23.7 Å². The first-order chi connectivity index (χ1) is 41.2. The van der Waals surface area contributed by atoms with E-state index >= 15 is 0 Å². The molecule has 17 nitrogen and oxygen atoms in total. The Bertz CT molecular complexity index is 1720. The van der Waals surface area contributed by atoms with Crippen LogP contribution in [0.5, 0.6) is 0 Å². The maximum Gasteiger partial charge on any atom is 0.472 e. The van der Waals surface area contributed by atoms with Gasteiger partial charge in [-0.15, -0.1) is 0 Å². The van der Waals surface area contributed by atoms with E-state index in [1.165, 1.54) is 116 Å². The van der Waals surface area contributed by atoms with E-state index in [9.17, 15) is 43.2 Å². The number of hydrogen-bond acceptors (Lipinski definition) is 15. The Balaban J connectivity index is 5.27. The van der Waals surface area contributed by atoms with Crippen LogP contribution in [-0.4, -0.2) is 96.7 Å². The molecule has 3 N–H and O–H groups in total. The molecule has 0 fully saturated rings. The van der Waals surface area contributed by atoms with Gasteiger partial charge in [-0.05, 0) is 49.4 Å². The lowest BCUT2D eigenvalue weighted by atomic mass is 9.99. The second kappa shape index (κ2) is 57.0. The van der Waals surface area contributed by atoms with Crippen molar-refractivity contribution in [3.05, 3.63) is 0 Å². The molecule has 0 rings (SSSR count). The number of aliphatic hydroxyl groups excluding tert-OH is 1. The SMILES string of the molecule is CCC(C)CCCCCCCCCCCCC(=O)O[C@H](COC(=O)CCCCCCCCC(C)CC)COP(=O)(O)OC[C@@H](O)COP(=O)(O)OC[C@@H](COC(=O)CCCCCCCCC(C)CC)OC(=O)CCCCCCCCCCCC(C)C. The highest BCUT2D eigenvalue weighted by molar-refractivity contribution is 7.47. The van der Waals surface area contributed by atoms with Crippen LogP contribution in [0.2, 0.25) is 0 Å². The molecule has 0 radical (unpaired) electrons. The number of unbranched alkanes of at least 4 members (excludes halogenated alkanes) is 27. The minimum atomic E-state index is -4.95. The lowest BCUT2D eigenvalue weighted by Crippen LogP contribution is -2.30. The quantitative estimate of drug-likeness (QED) is 0.0222. The zero-order valence-corrected chi connectivity index (χ0v) is 57.7. The van der Waals surface area contributed by atoms with E-state index < -0.39 is 97.5 Å². The molecule has 0 aliphatic rings. The van der Waals surface area contributed by atoms with Gasteiger partial charge in [0.2, 0.25) is 0 Å². The van der Waals surface area contributed by atoms with Crippen LogP contribution in [0, 0.1) is 23.7 Å². The number of phosphoric acid groups is 2. The predicted octanol–water partition coefficient (Wildman–Crippen LogP) is 18.5. The molecule has 0 aromatic rings. The molecule has 0 aliphatic carbocycles. The minimum Gasteiger partial charge on any atom is -0.462 e. The molecule has 0 saturated carbocycles. The standard InChI is InChI=1S/C67H130O17P2/c1-9-58(6)44-36-28-20-16-12-13-17-21-33-41-49-66(71)83-62(53-77-64(69)47-39-31-25-23-29-37-45-59(7)10-2)55-81-85(73,74)79-51-61(68)52-80-86(75,76)82-56-63(54-78-65(70)48-40-32-26-24-30-38-46-60(8)11-3)84-67(72)50-42-34-22-18-14-15-19-27-35-43-57(4)5/h57-63,68H,9-56H2,1-8H3,(H,73,74)(H,75,76)/t58?,59?,60?,61-,62-,63-/m1/s1. The van der Waals surface area contributed by atoms with Gasteiger partial charge in [-0.3, -0.25) is 37.3 Å². The Morgan fingerprint density at radius 1 is 0.326 bits per heavy atom. The summed E-state index contributed by atoms with van der Waals surface area (Å²) in [5, 5.41) is 10.6. The second-order valence-corrected chi connectivity index (χ2v) is 28.3. The Morgan fingerprint density at radius 3 is 0.826 bits per heavy atom. The van der Waals surface area contributed by atoms with Crippen molar-refractivity contribution in [3.8, 4) is 0 Å². The number of ether oxygens (including phenoxy) is 4. The molecule has 0 aromatic carbocycles. The van der Waals surface area contributed by atoms with Crippen LogP contribution in [0.4, 0.5) is 0 Å². The molecule has 0 saturated heterocycles. The normalized spacial score (nSPS) is 15.3. The largest absolute Gasteiger partial charge is 0.472 e. The first-order valence-electron chi connectivity index (χ1n) is 34.8. The smallest absolute Gasteiger partial charge is 0.462 e. The van der Waals surface area contributed by atoms with Gasteiger partial charge in [0.15, 0.2) is 12.2 Å². The molecule has 0 aliphatic heterocycles. The van der Waals surface area contributed by atoms with Crippen molar-refractivity contribution in [3.63, 3.8) is 0 Å². The summed E-state index contributed by atoms with van der Waals surface area (Å²) < 4.78 is 68.1. The molecule has 0 heterocycles. The molecular weight excluding hydrogens is 1140 g/mol. The van der Waals surface area contributed by atoms with Crippen LogP contribution in [-0.2, 0) is 65.4 Å². The van der Waals surface area contributed by atoms with Crippen molar-refractivity contribution >= 4 is 39.5 Å². The molecule has 0 aromatic heterocycles. The van der Waals surface area contributed by atoms with Crippen molar-refractivity contribution in [2.45, 2.75) is 343 Å². The Kier molecular flexibility index (Phi) is 55.7. The van der Waals surface area contributed by atoms with Crippen molar-refractivity contribution in [1.82, 2.24) is 0 Å². The van der Waals surface area contributed by atoms with Crippen LogP contribution < -0.4 is 0 Å². The number of esters is 4. The van der Waals surface area contributed by atoms with E-state index in [4.69, 9.17) is 37.0 Å². The van der Waals surface area contributed by atoms with E-state index in [1.54, 1.807) is 0 Å². The first kappa shape index (κ1) is 84.1. The summed E-state index contributed by atoms with van der Waals surface area (Å²) in [4.78, 5) is 72.4. The molecule has 0 amide bonds. The first-order valence-corrected chi connectivity index (χ1v) is 37.8. The Labute approximate surface area is 524 Å². The topological polar surface area (TPSA) is 237 Å². The minimum absolute atomic E-state index is 0.104. The summed E-state index contributed by atoms with van der Waals surface area (Å²) in [5.74, 6) is 0.865. The van der Waals surface area contributed by atoms with E-state index in [-0.39, 0.29) is 25.7 Å². The van der Waals surface area contributed by atoms with E-state index in [2.05, 4.69) is 55.4 Å². The van der Waals surface area contributed by atoms with Gasteiger partial charge in [0, 0.05) is 25.7 Å². The number of phosphoric ester groups is 2. The third-order valence-corrected chi connectivity index (χ3v) is 18.3. The van der Waals surface area contributed by atoms with E-state index in [0.29, 0.717) is 25.7 Å². The number of rotatable bonds is 64. The molecular formula is C67H130O17P2. The number of carbonyl (C=O) groups is 4. The molecule has 8 atom stereocenters. The lowest BCUT2D eigenvalue weighted by molar-refractivity contribution is -0.161. The van der Waals surface area contributed by atoms with Gasteiger partial charge in [-0.2, -0.15) is 0 Å². The van der Waals surface area contributed by atoms with Gasteiger partial charge in [0.25, 0.3) is 0 Å².